The number of rotatable bonds is 9. The van der Waals surface area contributed by atoms with Crippen LogP contribution in [0, 0.1) is 0 Å². The Balaban J connectivity index is 1.65. The lowest BCUT2D eigenvalue weighted by molar-refractivity contribution is -0.132. The van der Waals surface area contributed by atoms with Gasteiger partial charge < -0.3 is 14.2 Å². The molecule has 0 aromatic heterocycles. The molecule has 0 spiro atoms. The molecular formula is C20H22Cl2N2O5. The van der Waals surface area contributed by atoms with Crippen molar-refractivity contribution in [1.29, 1.82) is 0 Å². The van der Waals surface area contributed by atoms with Gasteiger partial charge in [0.25, 0.3) is 5.91 Å². The minimum atomic E-state index is -0.793. The zero-order valence-corrected chi connectivity index (χ0v) is 17.5. The smallest absolute Gasteiger partial charge is 0.279 e. The van der Waals surface area contributed by atoms with Crippen molar-refractivity contribution in [2.75, 3.05) is 13.7 Å². The highest BCUT2D eigenvalue weighted by molar-refractivity contribution is 6.35. The molecule has 2 N–H and O–H groups in total. The quantitative estimate of drug-likeness (QED) is 0.457. The molecule has 7 nitrogen and oxygen atoms in total. The van der Waals surface area contributed by atoms with E-state index in [4.69, 9.17) is 37.4 Å². The van der Waals surface area contributed by atoms with Crippen molar-refractivity contribution in [2.24, 2.45) is 0 Å². The van der Waals surface area contributed by atoms with Crippen molar-refractivity contribution in [2.45, 2.75) is 25.9 Å². The number of benzene rings is 2. The highest BCUT2D eigenvalue weighted by Gasteiger charge is 2.15. The van der Waals surface area contributed by atoms with Gasteiger partial charge in [-0.1, -0.05) is 23.2 Å². The summed E-state index contributed by atoms with van der Waals surface area (Å²) in [6, 6.07) is 11.7. The van der Waals surface area contributed by atoms with E-state index < -0.39 is 12.0 Å². The summed E-state index contributed by atoms with van der Waals surface area (Å²) in [5.41, 5.74) is 4.68. The van der Waals surface area contributed by atoms with E-state index in [1.165, 1.54) is 0 Å². The number of halogens is 2. The lowest BCUT2D eigenvalue weighted by Gasteiger charge is -2.15. The van der Waals surface area contributed by atoms with E-state index in [2.05, 4.69) is 10.9 Å². The zero-order valence-electron chi connectivity index (χ0n) is 16.0. The van der Waals surface area contributed by atoms with Crippen LogP contribution in [-0.2, 0) is 9.59 Å². The number of hydrogen-bond acceptors (Lipinski definition) is 5. The van der Waals surface area contributed by atoms with Gasteiger partial charge in [-0.15, -0.1) is 0 Å². The molecule has 0 aliphatic carbocycles. The second-order valence-corrected chi connectivity index (χ2v) is 6.84. The van der Waals surface area contributed by atoms with Crippen molar-refractivity contribution in [1.82, 2.24) is 10.9 Å². The molecule has 0 radical (unpaired) electrons. The highest BCUT2D eigenvalue weighted by atomic mass is 35.5. The van der Waals surface area contributed by atoms with Crippen LogP contribution in [0.15, 0.2) is 42.5 Å². The van der Waals surface area contributed by atoms with E-state index in [1.54, 1.807) is 56.5 Å². The third-order valence-corrected chi connectivity index (χ3v) is 4.30. The van der Waals surface area contributed by atoms with Crippen molar-refractivity contribution >= 4 is 35.0 Å². The van der Waals surface area contributed by atoms with Crippen LogP contribution in [0.5, 0.6) is 17.2 Å². The third kappa shape index (κ3) is 7.71. The van der Waals surface area contributed by atoms with Gasteiger partial charge in [0, 0.05) is 11.4 Å². The molecule has 29 heavy (non-hydrogen) atoms. The van der Waals surface area contributed by atoms with E-state index in [9.17, 15) is 9.59 Å². The van der Waals surface area contributed by atoms with Gasteiger partial charge in [0.15, 0.2) is 6.10 Å². The molecule has 2 amide bonds. The Kier molecular flexibility index (Phi) is 8.89. The summed E-state index contributed by atoms with van der Waals surface area (Å²) in [6.45, 7) is 1.87. The topological polar surface area (TPSA) is 85.9 Å². The molecule has 0 saturated heterocycles. The molecule has 1 unspecified atom stereocenters. The maximum absolute atomic E-state index is 12.0. The number of carbonyl (C=O) groups is 2. The van der Waals surface area contributed by atoms with Crippen LogP contribution < -0.4 is 25.1 Å². The van der Waals surface area contributed by atoms with Gasteiger partial charge in [-0.05, 0) is 55.8 Å². The maximum Gasteiger partial charge on any atom is 0.279 e. The average molecular weight is 441 g/mol. The number of amides is 2. The Morgan fingerprint density at radius 1 is 1.03 bits per heavy atom. The lowest BCUT2D eigenvalue weighted by atomic mass is 10.3. The summed E-state index contributed by atoms with van der Waals surface area (Å²) in [7, 11) is 1.56. The Morgan fingerprint density at radius 2 is 1.72 bits per heavy atom. The fraction of sp³-hybridized carbons (Fsp3) is 0.300. The van der Waals surface area contributed by atoms with E-state index >= 15 is 0 Å². The molecular weight excluding hydrogens is 419 g/mol. The van der Waals surface area contributed by atoms with Gasteiger partial charge in [0.2, 0.25) is 5.91 Å². The van der Waals surface area contributed by atoms with Gasteiger partial charge in [0.1, 0.15) is 17.2 Å². The summed E-state index contributed by atoms with van der Waals surface area (Å²) in [5.74, 6) is 0.871. The third-order valence-electron chi connectivity index (χ3n) is 3.77. The Bertz CT molecular complexity index is 830. The molecule has 0 fully saturated rings. The first-order valence-electron chi connectivity index (χ1n) is 8.86. The number of hydrogen-bond donors (Lipinski definition) is 2. The first-order chi connectivity index (χ1) is 13.9. The van der Waals surface area contributed by atoms with Crippen molar-refractivity contribution in [3.05, 3.63) is 52.5 Å². The van der Waals surface area contributed by atoms with Crippen molar-refractivity contribution < 1.29 is 23.8 Å². The number of ether oxygens (including phenoxy) is 3. The molecule has 0 bridgehead atoms. The molecule has 2 rings (SSSR count). The summed E-state index contributed by atoms with van der Waals surface area (Å²) in [4.78, 5) is 23.9. The van der Waals surface area contributed by atoms with Gasteiger partial charge in [-0.25, -0.2) is 0 Å². The van der Waals surface area contributed by atoms with Crippen LogP contribution in [0.2, 0.25) is 10.0 Å². The summed E-state index contributed by atoms with van der Waals surface area (Å²) in [5, 5.41) is 0.919. The molecule has 2 aromatic rings. The molecule has 156 valence electrons. The molecule has 0 heterocycles. The summed E-state index contributed by atoms with van der Waals surface area (Å²) >= 11 is 11.8. The molecule has 1 atom stereocenters. The Hall–Kier alpha value is -2.64. The molecule has 2 aromatic carbocycles. The summed E-state index contributed by atoms with van der Waals surface area (Å²) < 4.78 is 16.1. The van der Waals surface area contributed by atoms with Crippen LogP contribution in [-0.4, -0.2) is 31.6 Å². The minimum Gasteiger partial charge on any atom is -0.497 e. The maximum atomic E-state index is 12.0. The zero-order chi connectivity index (χ0) is 21.2. The number of methoxy groups -OCH3 is 1. The standard InChI is InChI=1S/C20H22Cl2N2O5/c1-13(29-16-8-6-15(27-2)7-9-16)20(26)24-23-19(25)4-3-11-28-18-10-5-14(21)12-17(18)22/h5-10,12-13H,3-4,11H2,1-2H3,(H,23,25)(H,24,26). The van der Waals surface area contributed by atoms with Crippen LogP contribution >= 0.6 is 23.2 Å². The van der Waals surface area contributed by atoms with E-state index in [-0.39, 0.29) is 12.3 Å². The first-order valence-corrected chi connectivity index (χ1v) is 9.62. The largest absolute Gasteiger partial charge is 0.497 e. The van der Waals surface area contributed by atoms with Crippen LogP contribution in [0.3, 0.4) is 0 Å². The van der Waals surface area contributed by atoms with E-state index in [0.717, 1.165) is 0 Å². The van der Waals surface area contributed by atoms with Crippen LogP contribution in [0.1, 0.15) is 19.8 Å². The predicted octanol–water partition coefficient (Wildman–Crippen LogP) is 3.78. The summed E-state index contributed by atoms with van der Waals surface area (Å²) in [6.07, 6.45) is -0.184. The Labute approximate surface area is 179 Å². The Morgan fingerprint density at radius 3 is 2.38 bits per heavy atom. The number of nitrogens with one attached hydrogen (secondary N) is 2. The van der Waals surface area contributed by atoms with Gasteiger partial charge in [0.05, 0.1) is 18.7 Å². The first kappa shape index (κ1) is 22.6. The van der Waals surface area contributed by atoms with Crippen molar-refractivity contribution in [3.63, 3.8) is 0 Å². The normalized spacial score (nSPS) is 11.3. The van der Waals surface area contributed by atoms with Gasteiger partial charge in [-0.2, -0.15) is 0 Å². The van der Waals surface area contributed by atoms with Crippen LogP contribution in [0.4, 0.5) is 0 Å². The van der Waals surface area contributed by atoms with Crippen molar-refractivity contribution in [3.8, 4) is 17.2 Å². The van der Waals surface area contributed by atoms with Gasteiger partial charge in [-0.3, -0.25) is 20.4 Å². The van der Waals surface area contributed by atoms with Crippen LogP contribution in [0.25, 0.3) is 0 Å². The average Bonchev–Trinajstić information content (AvgIpc) is 2.71. The minimum absolute atomic E-state index is 0.166. The predicted molar refractivity (Wildman–Crippen MR) is 111 cm³/mol. The van der Waals surface area contributed by atoms with E-state index in [1.807, 2.05) is 0 Å². The molecule has 0 aliphatic rings. The van der Waals surface area contributed by atoms with E-state index in [0.29, 0.717) is 40.3 Å². The number of hydrazine groups is 1. The van der Waals surface area contributed by atoms with Gasteiger partial charge >= 0.3 is 0 Å². The monoisotopic (exact) mass is 440 g/mol. The second kappa shape index (κ2) is 11.4. The fourth-order valence-electron chi connectivity index (χ4n) is 2.21. The fourth-order valence-corrected chi connectivity index (χ4v) is 2.68. The lowest BCUT2D eigenvalue weighted by Crippen LogP contribution is -2.47. The number of carbonyl (C=O) groups excluding carboxylic acids is 2. The highest BCUT2D eigenvalue weighted by Crippen LogP contribution is 2.27. The molecule has 0 saturated carbocycles. The SMILES string of the molecule is COc1ccc(OC(C)C(=O)NNC(=O)CCCOc2ccc(Cl)cc2Cl)cc1. The molecule has 0 aliphatic heterocycles. The second-order valence-electron chi connectivity index (χ2n) is 6.00. The molecule has 9 heteroatoms.